The quantitative estimate of drug-likeness (QED) is 0.213. The molecule has 0 rings (SSSR count). The van der Waals surface area contributed by atoms with E-state index in [4.69, 9.17) is 5.26 Å². The highest BCUT2D eigenvalue weighted by Crippen LogP contribution is 2.45. The van der Waals surface area contributed by atoms with E-state index in [1.807, 2.05) is 18.7 Å². The zero-order valence-corrected chi connectivity index (χ0v) is 19.4. The van der Waals surface area contributed by atoms with Crippen molar-refractivity contribution in [2.45, 2.75) is 96.7 Å². The van der Waals surface area contributed by atoms with Gasteiger partial charge in [0.15, 0.2) is 0 Å². The smallest absolute Gasteiger partial charge is 0.141 e. The molecule has 0 aromatic heterocycles. The van der Waals surface area contributed by atoms with Crippen molar-refractivity contribution in [1.29, 1.82) is 10.5 Å². The Labute approximate surface area is 175 Å². The highest BCUT2D eigenvalue weighted by atomic mass is 32.3. The van der Waals surface area contributed by atoms with Gasteiger partial charge in [-0.3, -0.25) is 0 Å². The van der Waals surface area contributed by atoms with E-state index in [-0.39, 0.29) is 11.2 Å². The zero-order valence-electron chi connectivity index (χ0n) is 17.0. The van der Waals surface area contributed by atoms with Crippen LogP contribution in [0.15, 0.2) is 0 Å². The molecule has 0 aromatic rings. The van der Waals surface area contributed by atoms with Crippen molar-refractivity contribution in [2.75, 3.05) is 11.5 Å². The summed E-state index contributed by atoms with van der Waals surface area (Å²) in [7, 11) is 0. The van der Waals surface area contributed by atoms with Crippen LogP contribution in [-0.4, -0.2) is 16.8 Å². The zero-order chi connectivity index (χ0) is 19.5. The van der Waals surface area contributed by atoms with Crippen LogP contribution in [0, 0.1) is 32.5 Å². The van der Waals surface area contributed by atoms with Crippen LogP contribution in [-0.2, 0) is 0 Å². The third-order valence-electron chi connectivity index (χ3n) is 4.14. The van der Waals surface area contributed by atoms with Gasteiger partial charge < -0.3 is 0 Å². The maximum Gasteiger partial charge on any atom is 0.141 e. The van der Waals surface area contributed by atoms with Gasteiger partial charge in [-0.2, -0.15) is 10.5 Å². The van der Waals surface area contributed by atoms with E-state index in [2.05, 4.69) is 26.0 Å². The summed E-state index contributed by atoms with van der Waals surface area (Å²) in [6, 6.07) is 4.67. The van der Waals surface area contributed by atoms with Gasteiger partial charge in [-0.1, -0.05) is 71.6 Å². The Hall–Kier alpha value is 0.0300. The molecule has 0 aliphatic rings. The summed E-state index contributed by atoms with van der Waals surface area (Å²) in [4.78, 5) is 0. The van der Waals surface area contributed by atoms with Crippen LogP contribution in [0.2, 0.25) is 0 Å². The fraction of sp³-hybridized carbons (Fsp3) is 0.857. The summed E-state index contributed by atoms with van der Waals surface area (Å²) in [6.45, 7) is 6.29. The Morgan fingerprint density at radius 2 is 1.38 bits per heavy atom. The molecule has 26 heavy (non-hydrogen) atoms. The van der Waals surface area contributed by atoms with Gasteiger partial charge in [0, 0.05) is 5.75 Å². The van der Waals surface area contributed by atoms with Crippen LogP contribution in [0.25, 0.3) is 0 Å². The van der Waals surface area contributed by atoms with Crippen LogP contribution in [0.1, 0.15) is 91.4 Å². The number of nitriles is 2. The molecular formula is C21H37N2S3. The van der Waals surface area contributed by atoms with Crippen LogP contribution in [0.5, 0.6) is 0 Å². The molecule has 0 heterocycles. The molecule has 0 aliphatic carbocycles. The molecule has 0 saturated heterocycles. The predicted molar refractivity (Wildman–Crippen MR) is 122 cm³/mol. The van der Waals surface area contributed by atoms with Gasteiger partial charge in [-0.25, -0.2) is 0 Å². The minimum absolute atomic E-state index is 0.0371. The third kappa shape index (κ3) is 16.2. The first kappa shape index (κ1) is 26.0. The maximum atomic E-state index is 9.20. The lowest BCUT2D eigenvalue weighted by Gasteiger charge is -2.17. The van der Waals surface area contributed by atoms with E-state index in [1.165, 1.54) is 68.1 Å². The molecule has 1 radical (unpaired) electrons. The number of hydrogen-bond donors (Lipinski definition) is 0. The van der Waals surface area contributed by atoms with E-state index >= 15 is 0 Å². The molecule has 0 amide bonds. The second kappa shape index (κ2) is 19.8. The fourth-order valence-electron chi connectivity index (χ4n) is 2.40. The van der Waals surface area contributed by atoms with Gasteiger partial charge >= 0.3 is 0 Å². The largest absolute Gasteiger partial charge is 0.198 e. The SMILES string of the molecule is CCCCCCCCCCCCS[C](SCC(C)C#N)SC(C#N)CC. The summed E-state index contributed by atoms with van der Waals surface area (Å²) < 4.78 is 1.27. The van der Waals surface area contributed by atoms with Crippen LogP contribution in [0.4, 0.5) is 0 Å². The van der Waals surface area contributed by atoms with Crippen molar-refractivity contribution in [3.63, 3.8) is 0 Å². The second-order valence-corrected chi connectivity index (χ2v) is 10.9. The van der Waals surface area contributed by atoms with E-state index in [9.17, 15) is 5.26 Å². The molecule has 5 heteroatoms. The predicted octanol–water partition coefficient (Wildman–Crippen LogP) is 8.02. The van der Waals surface area contributed by atoms with E-state index in [0.717, 1.165) is 17.9 Å². The summed E-state index contributed by atoms with van der Waals surface area (Å²) in [5.41, 5.74) is 0. The van der Waals surface area contributed by atoms with Crippen molar-refractivity contribution in [1.82, 2.24) is 0 Å². The molecule has 2 unspecified atom stereocenters. The number of nitrogens with zero attached hydrogens (tertiary/aromatic N) is 2. The summed E-state index contributed by atoms with van der Waals surface area (Å²) in [5.74, 6) is 2.02. The van der Waals surface area contributed by atoms with Crippen LogP contribution in [0.3, 0.4) is 0 Å². The lowest BCUT2D eigenvalue weighted by atomic mass is 10.1. The lowest BCUT2D eigenvalue weighted by Crippen LogP contribution is -2.01. The number of thioether (sulfide) groups is 3. The summed E-state index contributed by atoms with van der Waals surface area (Å²) >= 11 is 5.35. The molecule has 0 spiro atoms. The molecule has 0 bridgehead atoms. The molecule has 0 aromatic carbocycles. The Balaban J connectivity index is 3.81. The molecule has 149 valence electrons. The highest BCUT2D eigenvalue weighted by molar-refractivity contribution is 8.37. The Morgan fingerprint density at radius 1 is 0.808 bits per heavy atom. The van der Waals surface area contributed by atoms with Gasteiger partial charge in [0.2, 0.25) is 0 Å². The molecule has 0 saturated carbocycles. The first-order chi connectivity index (χ1) is 12.7. The lowest BCUT2D eigenvalue weighted by molar-refractivity contribution is 0.563. The van der Waals surface area contributed by atoms with Gasteiger partial charge in [0.1, 0.15) is 3.91 Å². The molecule has 0 aliphatic heterocycles. The maximum absolute atomic E-state index is 9.20. The number of unbranched alkanes of at least 4 members (excludes halogenated alkanes) is 9. The second-order valence-electron chi connectivity index (χ2n) is 6.77. The van der Waals surface area contributed by atoms with E-state index < -0.39 is 0 Å². The van der Waals surface area contributed by atoms with Crippen molar-refractivity contribution in [3.8, 4) is 12.1 Å². The Morgan fingerprint density at radius 3 is 1.88 bits per heavy atom. The molecule has 0 fully saturated rings. The Bertz CT molecular complexity index is 390. The number of hydrogen-bond acceptors (Lipinski definition) is 5. The van der Waals surface area contributed by atoms with Crippen molar-refractivity contribution in [3.05, 3.63) is 3.91 Å². The first-order valence-corrected chi connectivity index (χ1v) is 13.1. The van der Waals surface area contributed by atoms with Crippen molar-refractivity contribution < 1.29 is 0 Å². The highest BCUT2D eigenvalue weighted by Gasteiger charge is 2.18. The average molecular weight is 414 g/mol. The van der Waals surface area contributed by atoms with Crippen LogP contribution < -0.4 is 0 Å². The van der Waals surface area contributed by atoms with E-state index in [0.29, 0.717) is 0 Å². The van der Waals surface area contributed by atoms with Gasteiger partial charge in [0.25, 0.3) is 0 Å². The topological polar surface area (TPSA) is 47.6 Å². The average Bonchev–Trinajstić information content (AvgIpc) is 2.67. The monoisotopic (exact) mass is 413 g/mol. The fourth-order valence-corrected chi connectivity index (χ4v) is 6.31. The normalized spacial score (nSPS) is 13.3. The van der Waals surface area contributed by atoms with Gasteiger partial charge in [-0.05, 0) is 25.5 Å². The molecule has 2 nitrogen and oxygen atoms in total. The third-order valence-corrected chi connectivity index (χ3v) is 8.68. The molecular weight excluding hydrogens is 376 g/mol. The van der Waals surface area contributed by atoms with Gasteiger partial charge in [0.05, 0.1) is 23.3 Å². The standard InChI is InChI=1S/C21H37N2S3/c1-4-6-7-8-9-10-11-12-13-14-15-24-21(25-18-19(3)16-22)26-20(5-2)17-23/h19-20H,4-15,18H2,1-3H3. The minimum atomic E-state index is 0.0371. The van der Waals surface area contributed by atoms with Gasteiger partial charge in [-0.15, -0.1) is 35.3 Å². The number of rotatable bonds is 18. The van der Waals surface area contributed by atoms with E-state index in [1.54, 1.807) is 23.5 Å². The minimum Gasteiger partial charge on any atom is -0.198 e. The molecule has 0 N–H and O–H groups in total. The Kier molecular flexibility index (Phi) is 19.8. The summed E-state index contributed by atoms with van der Waals surface area (Å²) in [5, 5.41) is 18.2. The summed E-state index contributed by atoms with van der Waals surface area (Å²) in [6.07, 6.45) is 14.5. The first-order valence-electron chi connectivity index (χ1n) is 10.3. The van der Waals surface area contributed by atoms with Crippen molar-refractivity contribution in [2.24, 2.45) is 5.92 Å². The van der Waals surface area contributed by atoms with Crippen molar-refractivity contribution >= 4 is 35.3 Å². The molecule has 2 atom stereocenters. The van der Waals surface area contributed by atoms with Crippen LogP contribution >= 0.6 is 35.3 Å².